The van der Waals surface area contributed by atoms with Crippen LogP contribution in [-0.2, 0) is 11.3 Å². The van der Waals surface area contributed by atoms with Crippen molar-refractivity contribution in [3.05, 3.63) is 52.4 Å². The maximum Gasteiger partial charge on any atom is 0.251 e. The van der Waals surface area contributed by atoms with Crippen molar-refractivity contribution in [2.45, 2.75) is 25.5 Å². The summed E-state index contributed by atoms with van der Waals surface area (Å²) < 4.78 is 17.2. The Kier molecular flexibility index (Phi) is 5.35. The number of rotatable bonds is 6. The average Bonchev–Trinajstić information content (AvgIpc) is 3.25. The number of furan rings is 1. The van der Waals surface area contributed by atoms with Gasteiger partial charge in [-0.2, -0.15) is 0 Å². The fraction of sp³-hybridized carbons (Fsp3) is 0.353. The summed E-state index contributed by atoms with van der Waals surface area (Å²) in [6.45, 7) is 1.70. The first-order valence-corrected chi connectivity index (χ1v) is 8.36. The van der Waals surface area contributed by atoms with Gasteiger partial charge >= 0.3 is 0 Å². The molecule has 1 unspecified atom stereocenters. The summed E-state index contributed by atoms with van der Waals surface area (Å²) in [7, 11) is 0. The van der Waals surface area contributed by atoms with Crippen LogP contribution in [-0.4, -0.2) is 25.2 Å². The summed E-state index contributed by atoms with van der Waals surface area (Å²) in [4.78, 5) is 12.1. The molecule has 0 radical (unpaired) electrons. The summed E-state index contributed by atoms with van der Waals surface area (Å²) in [5, 5.41) is 2.81. The first kappa shape index (κ1) is 16.1. The summed E-state index contributed by atoms with van der Waals surface area (Å²) in [5.41, 5.74) is 0.563. The van der Waals surface area contributed by atoms with Gasteiger partial charge in [-0.1, -0.05) is 0 Å². The molecule has 1 aliphatic heterocycles. The van der Waals surface area contributed by atoms with Crippen LogP contribution in [0.2, 0.25) is 0 Å². The Labute approximate surface area is 143 Å². The molecule has 1 saturated heterocycles. The Morgan fingerprint density at radius 2 is 2.30 bits per heavy atom. The van der Waals surface area contributed by atoms with E-state index in [9.17, 15) is 4.79 Å². The summed E-state index contributed by atoms with van der Waals surface area (Å²) >= 11 is 3.45. The summed E-state index contributed by atoms with van der Waals surface area (Å²) in [6, 6.07) is 8.90. The number of hydrogen-bond acceptors (Lipinski definition) is 4. The van der Waals surface area contributed by atoms with E-state index in [-0.39, 0.29) is 12.0 Å². The highest BCUT2D eigenvalue weighted by Gasteiger charge is 2.17. The first-order valence-electron chi connectivity index (χ1n) is 7.57. The summed E-state index contributed by atoms with van der Waals surface area (Å²) in [6.07, 6.45) is 3.87. The maximum absolute atomic E-state index is 12.1. The lowest BCUT2D eigenvalue weighted by molar-refractivity contribution is 0.0677. The van der Waals surface area contributed by atoms with Crippen molar-refractivity contribution < 1.29 is 18.7 Å². The number of carbonyl (C=O) groups is 1. The standard InChI is InChI=1S/C17H18BrNO4/c18-15-9-12(17(20)19-10-13-3-1-7-21-13)5-6-16(15)23-11-14-4-2-8-22-14/h1,3,5-7,9,14H,2,4,8,10-11H2,(H,19,20). The van der Waals surface area contributed by atoms with Crippen molar-refractivity contribution in [2.24, 2.45) is 0 Å². The van der Waals surface area contributed by atoms with Gasteiger partial charge < -0.3 is 19.2 Å². The monoisotopic (exact) mass is 379 g/mol. The average molecular weight is 380 g/mol. The fourth-order valence-electron chi connectivity index (χ4n) is 2.40. The van der Waals surface area contributed by atoms with E-state index in [2.05, 4.69) is 21.2 Å². The highest BCUT2D eigenvalue weighted by Crippen LogP contribution is 2.27. The fourth-order valence-corrected chi connectivity index (χ4v) is 2.89. The van der Waals surface area contributed by atoms with Crippen LogP contribution in [0.5, 0.6) is 5.75 Å². The Morgan fingerprint density at radius 3 is 3.00 bits per heavy atom. The third-order valence-corrected chi connectivity index (χ3v) is 4.27. The SMILES string of the molecule is O=C(NCc1ccco1)c1ccc(OCC2CCCO2)c(Br)c1. The second kappa shape index (κ2) is 7.66. The van der Waals surface area contributed by atoms with Crippen molar-refractivity contribution in [2.75, 3.05) is 13.2 Å². The van der Waals surface area contributed by atoms with Gasteiger partial charge in [0.1, 0.15) is 18.1 Å². The quantitative estimate of drug-likeness (QED) is 0.833. The zero-order valence-corrected chi connectivity index (χ0v) is 14.2. The minimum Gasteiger partial charge on any atom is -0.490 e. The Bertz CT molecular complexity index is 651. The molecule has 2 heterocycles. The molecule has 23 heavy (non-hydrogen) atoms. The lowest BCUT2D eigenvalue weighted by Gasteiger charge is -2.13. The van der Waals surface area contributed by atoms with Crippen LogP contribution in [0.4, 0.5) is 0 Å². The lowest BCUT2D eigenvalue weighted by Crippen LogP contribution is -2.22. The van der Waals surface area contributed by atoms with Crippen LogP contribution in [0.25, 0.3) is 0 Å². The largest absolute Gasteiger partial charge is 0.490 e. The normalized spacial score (nSPS) is 17.2. The van der Waals surface area contributed by atoms with Crippen LogP contribution >= 0.6 is 15.9 Å². The molecule has 0 bridgehead atoms. The molecular weight excluding hydrogens is 362 g/mol. The minimum atomic E-state index is -0.159. The van der Waals surface area contributed by atoms with E-state index in [0.717, 1.165) is 23.9 Å². The molecule has 0 spiro atoms. The molecule has 1 aromatic carbocycles. The van der Waals surface area contributed by atoms with Gasteiger partial charge in [-0.15, -0.1) is 0 Å². The predicted octanol–water partition coefficient (Wildman–Crippen LogP) is 3.53. The van der Waals surface area contributed by atoms with Crippen LogP contribution in [0.15, 0.2) is 45.5 Å². The van der Waals surface area contributed by atoms with Gasteiger partial charge in [-0.3, -0.25) is 4.79 Å². The number of hydrogen-bond donors (Lipinski definition) is 1. The number of halogens is 1. The predicted molar refractivity (Wildman–Crippen MR) is 88.5 cm³/mol. The van der Waals surface area contributed by atoms with Gasteiger partial charge in [0.15, 0.2) is 0 Å². The van der Waals surface area contributed by atoms with E-state index in [0.29, 0.717) is 30.2 Å². The minimum absolute atomic E-state index is 0.159. The Hall–Kier alpha value is -1.79. The number of nitrogens with one attached hydrogen (secondary N) is 1. The molecule has 1 fully saturated rings. The van der Waals surface area contributed by atoms with Gasteiger partial charge in [0.2, 0.25) is 0 Å². The van der Waals surface area contributed by atoms with Crippen molar-refractivity contribution in [3.8, 4) is 5.75 Å². The van der Waals surface area contributed by atoms with E-state index >= 15 is 0 Å². The van der Waals surface area contributed by atoms with Crippen LogP contribution in [0.1, 0.15) is 29.0 Å². The number of ether oxygens (including phenoxy) is 2. The molecule has 5 nitrogen and oxygen atoms in total. The molecule has 122 valence electrons. The highest BCUT2D eigenvalue weighted by molar-refractivity contribution is 9.10. The molecule has 3 rings (SSSR count). The van der Waals surface area contributed by atoms with E-state index in [4.69, 9.17) is 13.9 Å². The highest BCUT2D eigenvalue weighted by atomic mass is 79.9. The summed E-state index contributed by atoms with van der Waals surface area (Å²) in [5.74, 6) is 1.27. The van der Waals surface area contributed by atoms with Crippen molar-refractivity contribution in [1.82, 2.24) is 5.32 Å². The van der Waals surface area contributed by atoms with Crippen LogP contribution in [0, 0.1) is 0 Å². The van der Waals surface area contributed by atoms with Gasteiger partial charge in [0, 0.05) is 12.2 Å². The third-order valence-electron chi connectivity index (χ3n) is 3.65. The van der Waals surface area contributed by atoms with E-state index in [1.54, 1.807) is 30.5 Å². The Balaban J connectivity index is 1.55. The first-order chi connectivity index (χ1) is 11.2. The maximum atomic E-state index is 12.1. The number of amides is 1. The molecule has 2 aromatic rings. The van der Waals surface area contributed by atoms with Gasteiger partial charge in [0.25, 0.3) is 5.91 Å². The molecule has 1 aliphatic rings. The van der Waals surface area contributed by atoms with Crippen LogP contribution in [0.3, 0.4) is 0 Å². The molecule has 6 heteroatoms. The molecule has 1 aromatic heterocycles. The third kappa shape index (κ3) is 4.36. The molecule has 1 N–H and O–H groups in total. The van der Waals surface area contributed by atoms with Gasteiger partial charge in [-0.25, -0.2) is 0 Å². The molecule has 0 aliphatic carbocycles. The zero-order valence-electron chi connectivity index (χ0n) is 12.6. The van der Waals surface area contributed by atoms with Crippen molar-refractivity contribution in [3.63, 3.8) is 0 Å². The van der Waals surface area contributed by atoms with Crippen LogP contribution < -0.4 is 10.1 Å². The second-order valence-corrected chi connectivity index (χ2v) is 6.21. The van der Waals surface area contributed by atoms with E-state index in [1.165, 1.54) is 0 Å². The van der Waals surface area contributed by atoms with Crippen molar-refractivity contribution in [1.29, 1.82) is 0 Å². The topological polar surface area (TPSA) is 60.7 Å². The number of benzene rings is 1. The molecule has 0 saturated carbocycles. The Morgan fingerprint density at radius 1 is 1.39 bits per heavy atom. The van der Waals surface area contributed by atoms with Gasteiger partial charge in [-0.05, 0) is 59.1 Å². The van der Waals surface area contributed by atoms with E-state index < -0.39 is 0 Å². The zero-order chi connectivity index (χ0) is 16.1. The second-order valence-electron chi connectivity index (χ2n) is 5.35. The van der Waals surface area contributed by atoms with Crippen molar-refractivity contribution >= 4 is 21.8 Å². The lowest BCUT2D eigenvalue weighted by atomic mass is 10.2. The van der Waals surface area contributed by atoms with Gasteiger partial charge in [0.05, 0.1) is 23.4 Å². The smallest absolute Gasteiger partial charge is 0.251 e. The molecule has 1 atom stereocenters. The molecular formula is C17H18BrNO4. The molecule has 1 amide bonds. The van der Waals surface area contributed by atoms with E-state index in [1.807, 2.05) is 6.07 Å². The number of carbonyl (C=O) groups excluding carboxylic acids is 1.